The third kappa shape index (κ3) is 11.0. The summed E-state index contributed by atoms with van der Waals surface area (Å²) in [5.41, 5.74) is 1.44. The van der Waals surface area contributed by atoms with E-state index in [-0.39, 0.29) is 35.6 Å². The van der Waals surface area contributed by atoms with E-state index in [4.69, 9.17) is 14.2 Å². The quantitative estimate of drug-likeness (QED) is 0.169. The van der Waals surface area contributed by atoms with E-state index in [0.29, 0.717) is 17.5 Å². The Morgan fingerprint density at radius 3 is 1.47 bits per heavy atom. The van der Waals surface area contributed by atoms with Gasteiger partial charge in [-0.2, -0.15) is 0 Å². The van der Waals surface area contributed by atoms with Crippen LogP contribution in [0.5, 0.6) is 0 Å². The molecule has 0 aliphatic carbocycles. The number of benzene rings is 2. The van der Waals surface area contributed by atoms with E-state index in [9.17, 15) is 24.0 Å². The normalized spacial score (nSPS) is 13.1. The first kappa shape index (κ1) is 35.2. The molecule has 2 aromatic rings. The largest absolute Gasteiger partial charge is 0.457 e. The summed E-state index contributed by atoms with van der Waals surface area (Å²) >= 11 is 0. The number of ether oxygens (including phenoxy) is 3. The van der Waals surface area contributed by atoms with Gasteiger partial charge in [-0.05, 0) is 49.7 Å². The maximum atomic E-state index is 12.7. The molecule has 0 aliphatic heterocycles. The Hall–Kier alpha value is -4.01. The molecule has 0 bridgehead atoms. The first-order chi connectivity index (χ1) is 19.9. The van der Waals surface area contributed by atoms with E-state index in [0.717, 1.165) is 11.1 Å². The molecule has 0 saturated heterocycles. The molecular weight excluding hydrogens is 550 g/mol. The van der Waals surface area contributed by atoms with Gasteiger partial charge in [0.15, 0.2) is 24.8 Å². The first-order valence-corrected chi connectivity index (χ1v) is 14.5. The van der Waals surface area contributed by atoms with Gasteiger partial charge in [0, 0.05) is 11.1 Å². The molecule has 2 atom stereocenters. The van der Waals surface area contributed by atoms with Crippen LogP contribution in [0.25, 0.3) is 11.1 Å². The molecule has 9 heteroatoms. The summed E-state index contributed by atoms with van der Waals surface area (Å²) < 4.78 is 15.7. The highest BCUT2D eigenvalue weighted by molar-refractivity contribution is 5.99. The Bertz CT molecular complexity index is 1280. The van der Waals surface area contributed by atoms with Crippen molar-refractivity contribution in [1.29, 1.82) is 0 Å². The lowest BCUT2D eigenvalue weighted by molar-refractivity contribution is -0.151. The van der Waals surface area contributed by atoms with Gasteiger partial charge < -0.3 is 19.5 Å². The highest BCUT2D eigenvalue weighted by Gasteiger charge is 2.31. The molecule has 0 radical (unpaired) electrons. The summed E-state index contributed by atoms with van der Waals surface area (Å²) in [5.74, 6) is -2.36. The number of hydrogen-bond donors (Lipinski definition) is 1. The molecular formula is C34H45NO8. The number of carbonyl (C=O) groups excluding carboxylic acids is 5. The number of rotatable bonds is 12. The van der Waals surface area contributed by atoms with Crippen LogP contribution in [0.15, 0.2) is 48.5 Å². The van der Waals surface area contributed by atoms with Gasteiger partial charge in [0.05, 0.1) is 5.92 Å². The molecule has 0 aromatic heterocycles. The van der Waals surface area contributed by atoms with Gasteiger partial charge in [-0.15, -0.1) is 0 Å². The van der Waals surface area contributed by atoms with Gasteiger partial charge in [0.25, 0.3) is 0 Å². The lowest BCUT2D eigenvalue weighted by Crippen LogP contribution is -2.47. The Morgan fingerprint density at radius 2 is 1.12 bits per heavy atom. The third-order valence-electron chi connectivity index (χ3n) is 6.77. The fourth-order valence-electron chi connectivity index (χ4n) is 4.39. The van der Waals surface area contributed by atoms with Gasteiger partial charge in [-0.3, -0.25) is 14.4 Å². The maximum Gasteiger partial charge on any atom is 0.408 e. The van der Waals surface area contributed by atoms with Crippen LogP contribution in [0.4, 0.5) is 4.79 Å². The van der Waals surface area contributed by atoms with E-state index in [1.807, 2.05) is 27.7 Å². The molecule has 0 unspecified atom stereocenters. The van der Waals surface area contributed by atoms with Crippen LogP contribution in [0.3, 0.4) is 0 Å². The van der Waals surface area contributed by atoms with Gasteiger partial charge in [0.2, 0.25) is 0 Å². The average Bonchev–Trinajstić information content (AvgIpc) is 2.91. The molecule has 9 nitrogen and oxygen atoms in total. The number of alkyl carbamates (subject to hydrolysis) is 1. The van der Waals surface area contributed by atoms with E-state index in [2.05, 4.69) is 5.32 Å². The number of amides is 1. The predicted molar refractivity (Wildman–Crippen MR) is 164 cm³/mol. The van der Waals surface area contributed by atoms with Crippen molar-refractivity contribution >= 4 is 29.6 Å². The van der Waals surface area contributed by atoms with Crippen LogP contribution >= 0.6 is 0 Å². The van der Waals surface area contributed by atoms with Crippen LogP contribution in [0.1, 0.15) is 89.5 Å². The van der Waals surface area contributed by atoms with Gasteiger partial charge >= 0.3 is 18.0 Å². The van der Waals surface area contributed by atoms with Crippen LogP contribution in [-0.2, 0) is 23.8 Å². The highest BCUT2D eigenvalue weighted by atomic mass is 16.6. The van der Waals surface area contributed by atoms with Crippen molar-refractivity contribution < 1.29 is 38.2 Å². The zero-order chi connectivity index (χ0) is 32.5. The number of ketones is 2. The van der Waals surface area contributed by atoms with Crippen molar-refractivity contribution in [1.82, 2.24) is 5.32 Å². The van der Waals surface area contributed by atoms with Crippen molar-refractivity contribution in [2.24, 2.45) is 17.3 Å². The number of esters is 2. The van der Waals surface area contributed by atoms with Crippen molar-refractivity contribution in [3.63, 3.8) is 0 Å². The summed E-state index contributed by atoms with van der Waals surface area (Å²) in [6, 6.07) is 12.7. The fraction of sp³-hybridized carbons (Fsp3) is 0.500. The van der Waals surface area contributed by atoms with E-state index < -0.39 is 36.1 Å². The number of hydrogen-bond acceptors (Lipinski definition) is 8. The Morgan fingerprint density at radius 1 is 0.698 bits per heavy atom. The minimum absolute atomic E-state index is 0.251. The molecule has 0 heterocycles. The second-order valence-corrected chi connectivity index (χ2v) is 12.9. The molecule has 0 fully saturated rings. The summed E-state index contributed by atoms with van der Waals surface area (Å²) in [6.07, 6.45) is -0.112. The SMILES string of the molecule is CC[C@H](C(=O)OCC(=O)c1ccc(-c2ccc(C(=O)COC(=O)[C@@H](NC(=O)OC(C)(C)C)C(C)C)cc2)cc1)C(C)(C)C. The maximum absolute atomic E-state index is 12.7. The van der Waals surface area contributed by atoms with Crippen molar-refractivity contribution in [3.05, 3.63) is 59.7 Å². The van der Waals surface area contributed by atoms with E-state index in [1.165, 1.54) is 0 Å². The molecule has 43 heavy (non-hydrogen) atoms. The molecule has 234 valence electrons. The molecule has 2 aromatic carbocycles. The van der Waals surface area contributed by atoms with Gasteiger partial charge in [-0.1, -0.05) is 90.1 Å². The fourth-order valence-corrected chi connectivity index (χ4v) is 4.39. The molecule has 0 spiro atoms. The summed E-state index contributed by atoms with van der Waals surface area (Å²) in [6.45, 7) is 15.7. The highest BCUT2D eigenvalue weighted by Crippen LogP contribution is 2.29. The minimum atomic E-state index is -0.969. The Labute approximate surface area is 254 Å². The van der Waals surface area contributed by atoms with Crippen LogP contribution in [-0.4, -0.2) is 54.5 Å². The van der Waals surface area contributed by atoms with Crippen molar-refractivity contribution in [2.45, 2.75) is 80.4 Å². The minimum Gasteiger partial charge on any atom is -0.457 e. The van der Waals surface area contributed by atoms with Crippen LogP contribution < -0.4 is 5.32 Å². The van der Waals surface area contributed by atoms with Gasteiger partial charge in [0.1, 0.15) is 11.6 Å². The lowest BCUT2D eigenvalue weighted by atomic mass is 9.79. The molecule has 0 saturated carbocycles. The number of Topliss-reactive ketones (excluding diaryl/α,β-unsaturated/α-hetero) is 2. The average molecular weight is 596 g/mol. The topological polar surface area (TPSA) is 125 Å². The molecule has 1 amide bonds. The lowest BCUT2D eigenvalue weighted by Gasteiger charge is -2.27. The summed E-state index contributed by atoms with van der Waals surface area (Å²) in [5, 5.41) is 2.51. The molecule has 2 rings (SSSR count). The van der Waals surface area contributed by atoms with E-state index in [1.54, 1.807) is 83.1 Å². The molecule has 0 aliphatic rings. The van der Waals surface area contributed by atoms with Crippen LogP contribution in [0, 0.1) is 17.3 Å². The van der Waals surface area contributed by atoms with Crippen LogP contribution in [0.2, 0.25) is 0 Å². The monoisotopic (exact) mass is 595 g/mol. The Kier molecular flexibility index (Phi) is 12.2. The smallest absolute Gasteiger partial charge is 0.408 e. The summed E-state index contributed by atoms with van der Waals surface area (Å²) in [4.78, 5) is 62.4. The second kappa shape index (κ2) is 14.9. The predicted octanol–water partition coefficient (Wildman–Crippen LogP) is 6.43. The summed E-state index contributed by atoms with van der Waals surface area (Å²) in [7, 11) is 0. The van der Waals surface area contributed by atoms with Crippen molar-refractivity contribution in [2.75, 3.05) is 13.2 Å². The molecule has 1 N–H and O–H groups in total. The zero-order valence-electron chi connectivity index (χ0n) is 26.7. The van der Waals surface area contributed by atoms with Gasteiger partial charge in [-0.25, -0.2) is 9.59 Å². The second-order valence-electron chi connectivity index (χ2n) is 12.9. The standard InChI is InChI=1S/C34H45NO8/c1-10-26(33(4,5)6)30(38)41-19-27(36)24-15-11-22(12-16-24)23-13-17-25(18-14-23)28(37)20-42-31(39)29(21(2)3)35-32(40)43-34(7,8)9/h11-18,21,26,29H,10,19-20H2,1-9H3,(H,35,40)/t26-,29+/m1/s1. The van der Waals surface area contributed by atoms with E-state index >= 15 is 0 Å². The zero-order valence-corrected chi connectivity index (χ0v) is 26.7. The number of carbonyl (C=O) groups is 5. The third-order valence-corrected chi connectivity index (χ3v) is 6.77. The van der Waals surface area contributed by atoms with Crippen molar-refractivity contribution in [3.8, 4) is 11.1 Å². The first-order valence-electron chi connectivity index (χ1n) is 14.5. The number of nitrogens with one attached hydrogen (secondary N) is 1. The Balaban J connectivity index is 1.95.